The lowest BCUT2D eigenvalue weighted by Gasteiger charge is -2.28. The lowest BCUT2D eigenvalue weighted by atomic mass is 9.80. The molecule has 5 rings (SSSR count). The molecule has 8 heteroatoms. The first kappa shape index (κ1) is 23.0. The van der Waals surface area contributed by atoms with Gasteiger partial charge >= 0.3 is 0 Å². The van der Waals surface area contributed by atoms with E-state index in [-0.39, 0.29) is 6.54 Å². The van der Waals surface area contributed by atoms with Crippen LogP contribution in [0.1, 0.15) is 42.3 Å². The fourth-order valence-electron chi connectivity index (χ4n) is 4.85. The maximum absolute atomic E-state index is 14.0. The predicted molar refractivity (Wildman–Crippen MR) is 129 cm³/mol. The van der Waals surface area contributed by atoms with Crippen LogP contribution >= 0.6 is 0 Å². The minimum Gasteiger partial charge on any atom is -0.389 e. The fraction of sp³-hybridized carbons (Fsp3) is 0.308. The number of aliphatic hydroxyl groups excluding tert-OH is 1. The lowest BCUT2D eigenvalue weighted by molar-refractivity contribution is 0.121. The zero-order valence-corrected chi connectivity index (χ0v) is 19.5. The van der Waals surface area contributed by atoms with Crippen molar-refractivity contribution >= 4 is 31.8 Å². The van der Waals surface area contributed by atoms with E-state index >= 15 is 0 Å². The van der Waals surface area contributed by atoms with Gasteiger partial charge in [0.15, 0.2) is 0 Å². The van der Waals surface area contributed by atoms with Crippen LogP contribution in [0.2, 0.25) is 0 Å². The van der Waals surface area contributed by atoms with Crippen LogP contribution in [-0.4, -0.2) is 30.5 Å². The number of nitrogens with zero attached hydrogens (tertiary/aromatic N) is 1. The minimum absolute atomic E-state index is 0.0226. The smallest absolute Gasteiger partial charge is 0.209 e. The number of rotatable bonds is 7. The SMILES string of the molecule is CS(=O)(=O)NC(c1ccc(C2CCC2)cc1)C(O)Cn1c2ccc(F)cc2c2cc(F)ccc21. The molecular formula is C26H26F2N2O3S. The van der Waals surface area contributed by atoms with Gasteiger partial charge in [-0.05, 0) is 66.3 Å². The summed E-state index contributed by atoms with van der Waals surface area (Å²) in [6, 6.07) is 15.3. The Kier molecular flexibility index (Phi) is 5.91. The van der Waals surface area contributed by atoms with Gasteiger partial charge in [0.1, 0.15) is 11.6 Å². The van der Waals surface area contributed by atoms with Gasteiger partial charge in [0, 0.05) is 21.8 Å². The molecular weight excluding hydrogens is 458 g/mol. The standard InChI is InChI=1S/C26H26F2N2O3S/c1-34(32,33)29-26(18-7-5-17(6-8-18)16-3-2-4-16)25(31)15-30-23-11-9-19(27)13-21(23)22-14-20(28)10-12-24(22)30/h5-14,16,25-26,29,31H,2-4,15H2,1H3. The molecule has 1 heterocycles. The Bertz CT molecular complexity index is 1400. The Morgan fingerprint density at radius 2 is 1.53 bits per heavy atom. The molecule has 1 aliphatic rings. The number of nitrogens with one attached hydrogen (secondary N) is 1. The zero-order valence-electron chi connectivity index (χ0n) is 18.7. The second-order valence-electron chi connectivity index (χ2n) is 9.16. The summed E-state index contributed by atoms with van der Waals surface area (Å²) in [6.07, 6.45) is 3.44. The molecule has 0 radical (unpaired) electrons. The van der Waals surface area contributed by atoms with E-state index in [1.807, 2.05) is 24.3 Å². The highest BCUT2D eigenvalue weighted by molar-refractivity contribution is 7.88. The fourth-order valence-corrected chi connectivity index (χ4v) is 5.61. The molecule has 1 aliphatic carbocycles. The first-order chi connectivity index (χ1) is 16.2. The highest BCUT2D eigenvalue weighted by Gasteiger charge is 2.27. The van der Waals surface area contributed by atoms with Gasteiger partial charge in [-0.3, -0.25) is 0 Å². The van der Waals surface area contributed by atoms with E-state index in [9.17, 15) is 22.3 Å². The summed E-state index contributed by atoms with van der Waals surface area (Å²) in [4.78, 5) is 0. The number of fused-ring (bicyclic) bond motifs is 3. The molecule has 0 spiro atoms. The van der Waals surface area contributed by atoms with E-state index in [2.05, 4.69) is 4.72 Å². The van der Waals surface area contributed by atoms with Crippen molar-refractivity contribution in [3.63, 3.8) is 0 Å². The van der Waals surface area contributed by atoms with Gasteiger partial charge in [-0.25, -0.2) is 21.9 Å². The molecule has 0 saturated heterocycles. The van der Waals surface area contributed by atoms with Gasteiger partial charge < -0.3 is 9.67 Å². The van der Waals surface area contributed by atoms with Crippen LogP contribution in [0.15, 0.2) is 60.7 Å². The van der Waals surface area contributed by atoms with Crippen LogP contribution in [0.5, 0.6) is 0 Å². The molecule has 34 heavy (non-hydrogen) atoms. The number of hydrogen-bond acceptors (Lipinski definition) is 3. The Morgan fingerprint density at radius 1 is 0.971 bits per heavy atom. The number of aromatic nitrogens is 1. The summed E-state index contributed by atoms with van der Waals surface area (Å²) in [5, 5.41) is 12.3. The zero-order chi connectivity index (χ0) is 24.0. The van der Waals surface area contributed by atoms with Crippen LogP contribution in [0.4, 0.5) is 8.78 Å². The molecule has 0 bridgehead atoms. The normalized spacial score (nSPS) is 16.6. The number of halogens is 2. The first-order valence-corrected chi connectivity index (χ1v) is 13.2. The van der Waals surface area contributed by atoms with E-state index in [0.717, 1.165) is 19.1 Å². The lowest BCUT2D eigenvalue weighted by Crippen LogP contribution is -2.37. The molecule has 2 unspecified atom stereocenters. The van der Waals surface area contributed by atoms with E-state index in [1.165, 1.54) is 36.2 Å². The summed E-state index contributed by atoms with van der Waals surface area (Å²) >= 11 is 0. The van der Waals surface area contributed by atoms with Gasteiger partial charge in [-0.2, -0.15) is 0 Å². The number of aliphatic hydroxyl groups is 1. The summed E-state index contributed by atoms with van der Waals surface area (Å²) in [5.41, 5.74) is 3.12. The molecule has 0 aliphatic heterocycles. The average Bonchev–Trinajstić information content (AvgIpc) is 3.03. The van der Waals surface area contributed by atoms with Crippen LogP contribution < -0.4 is 4.72 Å². The predicted octanol–water partition coefficient (Wildman–Crippen LogP) is 4.99. The van der Waals surface area contributed by atoms with Crippen molar-refractivity contribution in [2.75, 3.05) is 6.26 Å². The van der Waals surface area contributed by atoms with Crippen molar-refractivity contribution in [1.82, 2.24) is 9.29 Å². The van der Waals surface area contributed by atoms with Crippen molar-refractivity contribution in [2.24, 2.45) is 0 Å². The quantitative estimate of drug-likeness (QED) is 0.388. The monoisotopic (exact) mass is 484 g/mol. The van der Waals surface area contributed by atoms with Gasteiger partial charge in [-0.15, -0.1) is 0 Å². The number of benzene rings is 3. The first-order valence-electron chi connectivity index (χ1n) is 11.3. The summed E-state index contributed by atoms with van der Waals surface area (Å²) in [5.74, 6) is -0.349. The van der Waals surface area contributed by atoms with Crippen LogP contribution in [0.3, 0.4) is 0 Å². The summed E-state index contributed by atoms with van der Waals surface area (Å²) in [6.45, 7) is 0.0226. The Balaban J connectivity index is 1.53. The van der Waals surface area contributed by atoms with Gasteiger partial charge in [0.2, 0.25) is 10.0 Å². The van der Waals surface area contributed by atoms with E-state index < -0.39 is 33.8 Å². The maximum atomic E-state index is 14.0. The van der Waals surface area contributed by atoms with Gasteiger partial charge in [0.05, 0.1) is 24.9 Å². The Hall–Kier alpha value is -2.81. The Morgan fingerprint density at radius 3 is 2.00 bits per heavy atom. The largest absolute Gasteiger partial charge is 0.389 e. The van der Waals surface area contributed by atoms with Crippen molar-refractivity contribution in [1.29, 1.82) is 0 Å². The van der Waals surface area contributed by atoms with Crippen LogP contribution in [0, 0.1) is 11.6 Å². The molecule has 1 saturated carbocycles. The number of hydrogen-bond donors (Lipinski definition) is 2. The third-order valence-corrected chi connectivity index (χ3v) is 7.44. The molecule has 1 fully saturated rings. The minimum atomic E-state index is -3.63. The van der Waals surface area contributed by atoms with E-state index in [1.54, 1.807) is 16.7 Å². The third kappa shape index (κ3) is 4.45. The molecule has 3 aromatic carbocycles. The number of sulfonamides is 1. The van der Waals surface area contributed by atoms with Crippen LogP contribution in [-0.2, 0) is 16.6 Å². The summed E-state index contributed by atoms with van der Waals surface area (Å²) < 4.78 is 56.5. The topological polar surface area (TPSA) is 71.3 Å². The van der Waals surface area contributed by atoms with E-state index in [4.69, 9.17) is 0 Å². The molecule has 4 aromatic rings. The molecule has 178 valence electrons. The highest BCUT2D eigenvalue weighted by Crippen LogP contribution is 2.37. The van der Waals surface area contributed by atoms with E-state index in [0.29, 0.717) is 33.3 Å². The van der Waals surface area contributed by atoms with Gasteiger partial charge in [0.25, 0.3) is 0 Å². The molecule has 5 nitrogen and oxygen atoms in total. The summed E-state index contributed by atoms with van der Waals surface area (Å²) in [7, 11) is -3.63. The van der Waals surface area contributed by atoms with Crippen molar-refractivity contribution < 1.29 is 22.3 Å². The molecule has 2 N–H and O–H groups in total. The van der Waals surface area contributed by atoms with Crippen LogP contribution in [0.25, 0.3) is 21.8 Å². The van der Waals surface area contributed by atoms with Gasteiger partial charge in [-0.1, -0.05) is 30.7 Å². The second-order valence-corrected chi connectivity index (χ2v) is 10.9. The maximum Gasteiger partial charge on any atom is 0.209 e. The molecule has 2 atom stereocenters. The molecule has 0 amide bonds. The Labute approximate surface area is 197 Å². The third-order valence-electron chi connectivity index (χ3n) is 6.76. The van der Waals surface area contributed by atoms with Crippen molar-refractivity contribution in [2.45, 2.75) is 43.9 Å². The molecule has 1 aromatic heterocycles. The highest BCUT2D eigenvalue weighted by atomic mass is 32.2. The second kappa shape index (κ2) is 8.76. The average molecular weight is 485 g/mol. The van der Waals surface area contributed by atoms with Crippen molar-refractivity contribution in [3.05, 3.63) is 83.4 Å². The van der Waals surface area contributed by atoms with Crippen molar-refractivity contribution in [3.8, 4) is 0 Å².